The predicted octanol–water partition coefficient (Wildman–Crippen LogP) is 3.73. The molecule has 0 saturated carbocycles. The summed E-state index contributed by atoms with van der Waals surface area (Å²) in [5.74, 6) is 0. The molecule has 0 aliphatic carbocycles. The van der Waals surface area contributed by atoms with Gasteiger partial charge in [-0.1, -0.05) is 0 Å². The summed E-state index contributed by atoms with van der Waals surface area (Å²) in [5.41, 5.74) is 5.63. The van der Waals surface area contributed by atoms with Gasteiger partial charge in [-0.3, -0.25) is 0 Å². The van der Waals surface area contributed by atoms with Crippen LogP contribution < -0.4 is 5.73 Å². The van der Waals surface area contributed by atoms with Crippen LogP contribution in [0.3, 0.4) is 0 Å². The smallest absolute Gasteiger partial charge is 0.265 e. The van der Waals surface area contributed by atoms with E-state index in [1.54, 1.807) is 17.4 Å². The molecule has 0 saturated heterocycles. The summed E-state index contributed by atoms with van der Waals surface area (Å²) in [5, 5.41) is 0.844. The van der Waals surface area contributed by atoms with E-state index in [1.807, 2.05) is 13.0 Å². The largest absolute Gasteiger partial charge is 0.398 e. The monoisotopic (exact) mass is 213 g/mol. The number of rotatable bonds is 1. The Morgan fingerprint density at radius 3 is 2.64 bits per heavy atom. The zero-order chi connectivity index (χ0) is 10.3. The fraction of sp³-hybridized carbons (Fsp3) is 0.200. The second-order valence-electron chi connectivity index (χ2n) is 3.18. The Balaban J connectivity index is 2.70. The van der Waals surface area contributed by atoms with Crippen molar-refractivity contribution in [1.29, 1.82) is 0 Å². The maximum absolute atomic E-state index is 12.5. The molecule has 1 aromatic heterocycles. The maximum atomic E-state index is 12.5. The van der Waals surface area contributed by atoms with Gasteiger partial charge in [0.15, 0.2) is 0 Å². The first-order valence-corrected chi connectivity index (χ1v) is 4.97. The molecule has 1 aromatic carbocycles. The molecule has 0 radical (unpaired) electrons. The van der Waals surface area contributed by atoms with E-state index < -0.39 is 6.43 Å². The number of halogens is 2. The molecule has 1 heterocycles. The van der Waals surface area contributed by atoms with E-state index in [0.29, 0.717) is 0 Å². The van der Waals surface area contributed by atoms with Gasteiger partial charge in [0.25, 0.3) is 6.43 Å². The SMILES string of the molecule is Cc1cc2cc(C(F)F)c(N)cc2s1. The van der Waals surface area contributed by atoms with Gasteiger partial charge >= 0.3 is 0 Å². The third-order valence-electron chi connectivity index (χ3n) is 2.08. The topological polar surface area (TPSA) is 26.0 Å². The Hall–Kier alpha value is -1.16. The van der Waals surface area contributed by atoms with Crippen LogP contribution in [0.25, 0.3) is 10.1 Å². The van der Waals surface area contributed by atoms with Crippen LogP contribution in [0.15, 0.2) is 18.2 Å². The minimum Gasteiger partial charge on any atom is -0.398 e. The normalized spacial score (nSPS) is 11.4. The summed E-state index contributed by atoms with van der Waals surface area (Å²) < 4.78 is 25.9. The van der Waals surface area contributed by atoms with Gasteiger partial charge in [-0.05, 0) is 30.5 Å². The molecule has 0 fully saturated rings. The molecule has 1 nitrogen and oxygen atoms in total. The number of benzene rings is 1. The van der Waals surface area contributed by atoms with Gasteiger partial charge in [-0.25, -0.2) is 8.78 Å². The molecular weight excluding hydrogens is 204 g/mol. The van der Waals surface area contributed by atoms with E-state index in [0.717, 1.165) is 15.0 Å². The Morgan fingerprint density at radius 2 is 2.00 bits per heavy atom. The van der Waals surface area contributed by atoms with Gasteiger partial charge in [0.05, 0.1) is 0 Å². The highest BCUT2D eigenvalue weighted by Crippen LogP contribution is 2.33. The van der Waals surface area contributed by atoms with E-state index in [4.69, 9.17) is 5.73 Å². The molecule has 0 spiro atoms. The molecule has 14 heavy (non-hydrogen) atoms. The molecule has 0 aliphatic heterocycles. The van der Waals surface area contributed by atoms with Gasteiger partial charge in [0.1, 0.15) is 0 Å². The summed E-state index contributed by atoms with van der Waals surface area (Å²) in [6.45, 7) is 1.95. The first-order chi connectivity index (χ1) is 6.58. The van der Waals surface area contributed by atoms with Gasteiger partial charge in [0.2, 0.25) is 0 Å². The fourth-order valence-electron chi connectivity index (χ4n) is 1.44. The van der Waals surface area contributed by atoms with Gasteiger partial charge in [-0.15, -0.1) is 11.3 Å². The number of alkyl halides is 2. The lowest BCUT2D eigenvalue weighted by atomic mass is 10.1. The van der Waals surface area contributed by atoms with Crippen LogP contribution in [-0.4, -0.2) is 0 Å². The molecular formula is C10H9F2NS. The van der Waals surface area contributed by atoms with Gasteiger partial charge < -0.3 is 5.73 Å². The first-order valence-electron chi connectivity index (χ1n) is 4.15. The standard InChI is InChI=1S/C10H9F2NS/c1-5-2-6-3-7(10(11)12)8(13)4-9(6)14-5/h2-4,10H,13H2,1H3. The number of aryl methyl sites for hydroxylation is 1. The van der Waals surface area contributed by atoms with Crippen molar-refractivity contribution in [2.45, 2.75) is 13.3 Å². The molecule has 0 bridgehead atoms. The van der Waals surface area contributed by atoms with E-state index in [1.165, 1.54) is 6.07 Å². The summed E-state index contributed by atoms with van der Waals surface area (Å²) in [7, 11) is 0. The van der Waals surface area contributed by atoms with Crippen LogP contribution in [0.2, 0.25) is 0 Å². The van der Waals surface area contributed by atoms with Gasteiger partial charge in [0, 0.05) is 20.8 Å². The summed E-state index contributed by atoms with van der Waals surface area (Å²) in [4.78, 5) is 1.10. The lowest BCUT2D eigenvalue weighted by Gasteiger charge is -2.03. The highest BCUT2D eigenvalue weighted by Gasteiger charge is 2.12. The summed E-state index contributed by atoms with van der Waals surface area (Å²) >= 11 is 1.56. The zero-order valence-electron chi connectivity index (χ0n) is 7.55. The molecule has 2 aromatic rings. The highest BCUT2D eigenvalue weighted by molar-refractivity contribution is 7.19. The average Bonchev–Trinajstić information content (AvgIpc) is 2.42. The second-order valence-corrected chi connectivity index (χ2v) is 4.46. The molecule has 0 aliphatic rings. The fourth-order valence-corrected chi connectivity index (χ4v) is 2.40. The Labute approximate surface area is 84.2 Å². The van der Waals surface area contributed by atoms with Crippen molar-refractivity contribution in [1.82, 2.24) is 0 Å². The van der Waals surface area contributed by atoms with Crippen molar-refractivity contribution < 1.29 is 8.78 Å². The first kappa shape index (κ1) is 9.40. The van der Waals surface area contributed by atoms with Crippen LogP contribution in [0, 0.1) is 6.92 Å². The van der Waals surface area contributed by atoms with Crippen molar-refractivity contribution >= 4 is 27.1 Å². The van der Waals surface area contributed by atoms with E-state index in [-0.39, 0.29) is 11.3 Å². The summed E-state index contributed by atoms with van der Waals surface area (Å²) in [6.07, 6.45) is -2.50. The minimum atomic E-state index is -2.50. The van der Waals surface area contributed by atoms with Crippen LogP contribution in [0.4, 0.5) is 14.5 Å². The number of anilines is 1. The molecule has 0 atom stereocenters. The van der Waals surface area contributed by atoms with Crippen LogP contribution >= 0.6 is 11.3 Å². The zero-order valence-corrected chi connectivity index (χ0v) is 8.37. The van der Waals surface area contributed by atoms with Crippen molar-refractivity contribution in [3.8, 4) is 0 Å². The molecule has 2 rings (SSSR count). The maximum Gasteiger partial charge on any atom is 0.265 e. The van der Waals surface area contributed by atoms with Crippen molar-refractivity contribution in [3.05, 3.63) is 28.6 Å². The highest BCUT2D eigenvalue weighted by atomic mass is 32.1. The Kier molecular flexibility index (Phi) is 2.15. The third-order valence-corrected chi connectivity index (χ3v) is 3.09. The number of nitrogen functional groups attached to an aromatic ring is 1. The van der Waals surface area contributed by atoms with Crippen LogP contribution in [0.1, 0.15) is 16.9 Å². The Bertz CT molecular complexity index is 476. The lowest BCUT2D eigenvalue weighted by Crippen LogP contribution is -1.93. The van der Waals surface area contributed by atoms with Gasteiger partial charge in [-0.2, -0.15) is 0 Å². The number of nitrogens with two attached hydrogens (primary N) is 1. The minimum absolute atomic E-state index is 0.0738. The molecule has 4 heteroatoms. The van der Waals surface area contributed by atoms with E-state index in [9.17, 15) is 8.78 Å². The second kappa shape index (κ2) is 3.20. The Morgan fingerprint density at radius 1 is 1.29 bits per heavy atom. The van der Waals surface area contributed by atoms with Crippen molar-refractivity contribution in [2.24, 2.45) is 0 Å². The van der Waals surface area contributed by atoms with Crippen molar-refractivity contribution in [3.63, 3.8) is 0 Å². The lowest BCUT2D eigenvalue weighted by molar-refractivity contribution is 0.152. The number of thiophene rings is 1. The third kappa shape index (κ3) is 1.46. The van der Waals surface area contributed by atoms with Crippen molar-refractivity contribution in [2.75, 3.05) is 5.73 Å². The van der Waals surface area contributed by atoms with E-state index >= 15 is 0 Å². The molecule has 2 N–H and O–H groups in total. The van der Waals surface area contributed by atoms with Crippen LogP contribution in [0.5, 0.6) is 0 Å². The summed E-state index contributed by atoms with van der Waals surface area (Å²) in [6, 6.07) is 4.98. The molecule has 0 amide bonds. The molecule has 0 unspecified atom stereocenters. The van der Waals surface area contributed by atoms with E-state index in [2.05, 4.69) is 0 Å². The quantitative estimate of drug-likeness (QED) is 0.717. The molecule has 74 valence electrons. The number of hydrogen-bond acceptors (Lipinski definition) is 2. The van der Waals surface area contributed by atoms with Crippen LogP contribution in [-0.2, 0) is 0 Å². The average molecular weight is 213 g/mol. The predicted molar refractivity (Wildman–Crippen MR) is 55.9 cm³/mol. The number of fused-ring (bicyclic) bond motifs is 1. The number of hydrogen-bond donors (Lipinski definition) is 1.